The molecular formula is C25H30IN3O3. The first-order valence-corrected chi connectivity index (χ1v) is 10.1. The van der Waals surface area contributed by atoms with Gasteiger partial charge in [-0.2, -0.15) is 0 Å². The lowest BCUT2D eigenvalue weighted by Crippen LogP contribution is -2.30. The van der Waals surface area contributed by atoms with Gasteiger partial charge >= 0.3 is 0 Å². The predicted molar refractivity (Wildman–Crippen MR) is 140 cm³/mol. The number of ether oxygens (including phenoxy) is 3. The van der Waals surface area contributed by atoms with E-state index in [4.69, 9.17) is 14.2 Å². The second kappa shape index (κ2) is 13.6. The lowest BCUT2D eigenvalue weighted by atomic mass is 10.1. The van der Waals surface area contributed by atoms with Crippen molar-refractivity contribution in [2.45, 2.75) is 19.8 Å². The Morgan fingerprint density at radius 3 is 2.19 bits per heavy atom. The number of nitrogens with one attached hydrogen (secondary N) is 2. The van der Waals surface area contributed by atoms with E-state index in [1.165, 1.54) is 0 Å². The Kier molecular flexibility index (Phi) is 10.8. The summed E-state index contributed by atoms with van der Waals surface area (Å²) in [5.41, 5.74) is 4.32. The number of guanidine groups is 1. The van der Waals surface area contributed by atoms with Crippen LogP contribution in [0, 0.1) is 0 Å². The van der Waals surface area contributed by atoms with Crippen molar-refractivity contribution in [3.63, 3.8) is 0 Å². The summed E-state index contributed by atoms with van der Waals surface area (Å²) in [5.74, 6) is 2.00. The minimum Gasteiger partial charge on any atom is -0.493 e. The van der Waals surface area contributed by atoms with Crippen LogP contribution < -0.4 is 20.1 Å². The minimum atomic E-state index is 0. The van der Waals surface area contributed by atoms with Gasteiger partial charge in [0.25, 0.3) is 0 Å². The van der Waals surface area contributed by atoms with Gasteiger partial charge in [0.15, 0.2) is 17.5 Å². The molecule has 0 amide bonds. The molecule has 0 saturated carbocycles. The Morgan fingerprint density at radius 1 is 0.812 bits per heavy atom. The summed E-state index contributed by atoms with van der Waals surface area (Å²) in [7, 11) is 4.98. The van der Waals surface area contributed by atoms with Crippen molar-refractivity contribution in [2.24, 2.45) is 4.99 Å². The van der Waals surface area contributed by atoms with Crippen molar-refractivity contribution in [3.8, 4) is 11.5 Å². The Balaban J connectivity index is 0.00000363. The average Bonchev–Trinajstić information content (AvgIpc) is 2.83. The number of anilines is 1. The van der Waals surface area contributed by atoms with Crippen molar-refractivity contribution in [1.82, 2.24) is 5.32 Å². The van der Waals surface area contributed by atoms with Gasteiger partial charge in [-0.1, -0.05) is 54.6 Å². The maximum absolute atomic E-state index is 5.92. The molecule has 0 radical (unpaired) electrons. The van der Waals surface area contributed by atoms with Crippen LogP contribution in [-0.2, 0) is 24.5 Å². The molecule has 3 aromatic carbocycles. The highest BCUT2D eigenvalue weighted by Gasteiger charge is 2.08. The predicted octanol–water partition coefficient (Wildman–Crippen LogP) is 5.23. The SMILES string of the molecule is CN=C(NCc1ccccc1COCc1ccccc1)Nc1ccc(OC)c(OC)c1.I. The molecule has 3 aromatic rings. The van der Waals surface area contributed by atoms with E-state index in [0.29, 0.717) is 37.2 Å². The number of aliphatic imine (C=N–C) groups is 1. The molecule has 6 nitrogen and oxygen atoms in total. The monoisotopic (exact) mass is 547 g/mol. The molecular weight excluding hydrogens is 517 g/mol. The molecule has 0 atom stereocenters. The summed E-state index contributed by atoms with van der Waals surface area (Å²) in [6, 6.07) is 24.1. The minimum absolute atomic E-state index is 0. The number of methoxy groups -OCH3 is 2. The summed E-state index contributed by atoms with van der Waals surface area (Å²) < 4.78 is 16.6. The molecule has 0 aromatic heterocycles. The molecule has 0 aliphatic heterocycles. The van der Waals surface area contributed by atoms with E-state index in [0.717, 1.165) is 22.4 Å². The van der Waals surface area contributed by atoms with Crippen molar-refractivity contribution < 1.29 is 14.2 Å². The zero-order valence-electron chi connectivity index (χ0n) is 18.6. The molecule has 32 heavy (non-hydrogen) atoms. The third-order valence-corrected chi connectivity index (χ3v) is 4.80. The van der Waals surface area contributed by atoms with E-state index in [2.05, 4.69) is 39.9 Å². The Hall–Kier alpha value is -2.78. The molecule has 3 rings (SSSR count). The summed E-state index contributed by atoms with van der Waals surface area (Å²) in [5, 5.41) is 6.64. The molecule has 0 saturated heterocycles. The van der Waals surface area contributed by atoms with E-state index in [-0.39, 0.29) is 24.0 Å². The summed E-state index contributed by atoms with van der Waals surface area (Å²) in [6.07, 6.45) is 0. The van der Waals surface area contributed by atoms with E-state index in [1.54, 1.807) is 21.3 Å². The van der Waals surface area contributed by atoms with Gasteiger partial charge in [0, 0.05) is 25.3 Å². The second-order valence-corrected chi connectivity index (χ2v) is 6.87. The summed E-state index contributed by atoms with van der Waals surface area (Å²) >= 11 is 0. The van der Waals surface area contributed by atoms with Crippen LogP contribution in [0.15, 0.2) is 77.8 Å². The molecule has 170 valence electrons. The van der Waals surface area contributed by atoms with Gasteiger partial charge in [-0.15, -0.1) is 24.0 Å². The first-order valence-electron chi connectivity index (χ1n) is 10.1. The normalized spacial score (nSPS) is 10.8. The topological polar surface area (TPSA) is 64.1 Å². The van der Waals surface area contributed by atoms with Crippen LogP contribution >= 0.6 is 24.0 Å². The van der Waals surface area contributed by atoms with Crippen LogP contribution in [0.25, 0.3) is 0 Å². The molecule has 0 fully saturated rings. The lowest BCUT2D eigenvalue weighted by Gasteiger charge is -2.15. The first kappa shape index (κ1) is 25.5. The van der Waals surface area contributed by atoms with Crippen LogP contribution in [0.2, 0.25) is 0 Å². The Bertz CT molecular complexity index is 997. The van der Waals surface area contributed by atoms with Crippen molar-refractivity contribution in [3.05, 3.63) is 89.5 Å². The first-order chi connectivity index (χ1) is 15.2. The Labute approximate surface area is 207 Å². The van der Waals surface area contributed by atoms with Crippen molar-refractivity contribution in [2.75, 3.05) is 26.6 Å². The van der Waals surface area contributed by atoms with E-state index >= 15 is 0 Å². The van der Waals surface area contributed by atoms with Crippen LogP contribution in [0.3, 0.4) is 0 Å². The fraction of sp³-hybridized carbons (Fsp3) is 0.240. The smallest absolute Gasteiger partial charge is 0.195 e. The number of nitrogens with zero attached hydrogens (tertiary/aromatic N) is 1. The van der Waals surface area contributed by atoms with Crippen molar-refractivity contribution in [1.29, 1.82) is 0 Å². The summed E-state index contributed by atoms with van der Waals surface area (Å²) in [4.78, 5) is 4.32. The third-order valence-electron chi connectivity index (χ3n) is 4.80. The number of halogens is 1. The molecule has 0 bridgehead atoms. The zero-order valence-corrected chi connectivity index (χ0v) is 21.0. The molecule has 0 spiro atoms. The van der Waals surface area contributed by atoms with Crippen molar-refractivity contribution >= 4 is 35.6 Å². The van der Waals surface area contributed by atoms with E-state index in [9.17, 15) is 0 Å². The van der Waals surface area contributed by atoms with Gasteiger partial charge in [-0.3, -0.25) is 4.99 Å². The van der Waals surface area contributed by atoms with Crippen LogP contribution in [0.1, 0.15) is 16.7 Å². The number of benzene rings is 3. The molecule has 0 aliphatic carbocycles. The molecule has 7 heteroatoms. The molecule has 0 aliphatic rings. The van der Waals surface area contributed by atoms with Gasteiger partial charge in [-0.25, -0.2) is 0 Å². The van der Waals surface area contributed by atoms with E-state index in [1.807, 2.05) is 48.5 Å². The fourth-order valence-electron chi connectivity index (χ4n) is 3.13. The van der Waals surface area contributed by atoms with E-state index < -0.39 is 0 Å². The molecule has 0 heterocycles. The highest BCUT2D eigenvalue weighted by Crippen LogP contribution is 2.29. The number of hydrogen-bond acceptors (Lipinski definition) is 4. The number of hydrogen-bond donors (Lipinski definition) is 2. The maximum atomic E-state index is 5.92. The van der Waals surface area contributed by atoms with Gasteiger partial charge < -0.3 is 24.8 Å². The second-order valence-electron chi connectivity index (χ2n) is 6.87. The molecule has 0 unspecified atom stereocenters. The lowest BCUT2D eigenvalue weighted by molar-refractivity contribution is 0.106. The quantitative estimate of drug-likeness (QED) is 0.218. The van der Waals surface area contributed by atoms with Crippen LogP contribution in [0.4, 0.5) is 5.69 Å². The van der Waals surface area contributed by atoms with Gasteiger partial charge in [0.2, 0.25) is 0 Å². The zero-order chi connectivity index (χ0) is 21.9. The highest BCUT2D eigenvalue weighted by atomic mass is 127. The highest BCUT2D eigenvalue weighted by molar-refractivity contribution is 14.0. The number of rotatable bonds is 9. The Morgan fingerprint density at radius 2 is 1.50 bits per heavy atom. The van der Waals surface area contributed by atoms with Gasteiger partial charge in [-0.05, 0) is 28.8 Å². The molecule has 2 N–H and O–H groups in total. The van der Waals surface area contributed by atoms with Crippen LogP contribution in [0.5, 0.6) is 11.5 Å². The fourth-order valence-corrected chi connectivity index (χ4v) is 3.13. The van der Waals surface area contributed by atoms with Gasteiger partial charge in [0.1, 0.15) is 0 Å². The van der Waals surface area contributed by atoms with Gasteiger partial charge in [0.05, 0.1) is 27.4 Å². The third kappa shape index (κ3) is 7.42. The van der Waals surface area contributed by atoms with Crippen LogP contribution in [-0.4, -0.2) is 27.2 Å². The summed E-state index contributed by atoms with van der Waals surface area (Å²) in [6.45, 7) is 1.76. The standard InChI is InChI=1S/C25H29N3O3.HI/c1-26-25(28-22-13-14-23(29-2)24(15-22)30-3)27-16-20-11-7-8-12-21(20)18-31-17-19-9-5-4-6-10-19;/h4-15H,16-18H2,1-3H3,(H2,26,27,28);1H. The largest absolute Gasteiger partial charge is 0.493 e. The average molecular weight is 547 g/mol. The maximum Gasteiger partial charge on any atom is 0.195 e.